The van der Waals surface area contributed by atoms with Crippen molar-refractivity contribution in [1.29, 1.82) is 5.26 Å². The van der Waals surface area contributed by atoms with Gasteiger partial charge in [0.1, 0.15) is 11.9 Å². The van der Waals surface area contributed by atoms with Gasteiger partial charge in [-0.25, -0.2) is 14.2 Å². The molecule has 42 heavy (non-hydrogen) atoms. The molecule has 2 saturated heterocycles. The molecule has 5 atom stereocenters. The van der Waals surface area contributed by atoms with Gasteiger partial charge in [-0.2, -0.15) is 5.26 Å². The highest BCUT2D eigenvalue weighted by Crippen LogP contribution is 2.44. The summed E-state index contributed by atoms with van der Waals surface area (Å²) in [7, 11) is 0. The van der Waals surface area contributed by atoms with Gasteiger partial charge in [0, 0.05) is 28.6 Å². The standard InChI is InChI=1S/C30H34ClF2N5O4/c1-15-10-18(12-22(33)26(15)42-24-11-16(2)36-37-28(24)40)27(39)35-17(3)29(41)38-23(8-9-25(38)30(4,5)14-34)20-13-19(31)6-7-21(20)32/h6-7,10,12-13,16-17,23-25,36H,8-9,11H2,1-5H3,(H,35,39)(H,37,40)/t16?,17-,23+,24?,25-/m1/s1. The number of benzene rings is 2. The van der Waals surface area contributed by atoms with E-state index in [4.69, 9.17) is 16.3 Å². The van der Waals surface area contributed by atoms with E-state index in [9.17, 15) is 24.0 Å². The molecule has 2 heterocycles. The number of halogens is 3. The Bertz CT molecular complexity index is 1420. The molecule has 2 aliphatic heterocycles. The van der Waals surface area contributed by atoms with E-state index in [1.807, 2.05) is 6.92 Å². The van der Waals surface area contributed by atoms with E-state index in [2.05, 4.69) is 22.2 Å². The number of carbonyl (C=O) groups excluding carboxylic acids is 3. The molecule has 4 rings (SSSR count). The van der Waals surface area contributed by atoms with Gasteiger partial charge in [-0.1, -0.05) is 11.6 Å². The van der Waals surface area contributed by atoms with Crippen LogP contribution in [0.4, 0.5) is 8.78 Å². The number of hydrogen-bond acceptors (Lipinski definition) is 6. The summed E-state index contributed by atoms with van der Waals surface area (Å²) in [5, 5.41) is 12.7. The average Bonchev–Trinajstić information content (AvgIpc) is 3.39. The Hall–Kier alpha value is -3.75. The Kier molecular flexibility index (Phi) is 9.09. The number of nitrogens with zero attached hydrogens (tertiary/aromatic N) is 2. The monoisotopic (exact) mass is 601 g/mol. The minimum Gasteiger partial charge on any atom is -0.477 e. The molecule has 224 valence electrons. The summed E-state index contributed by atoms with van der Waals surface area (Å²) in [5.41, 5.74) is 4.79. The third kappa shape index (κ3) is 6.35. The Morgan fingerprint density at radius 3 is 2.60 bits per heavy atom. The van der Waals surface area contributed by atoms with E-state index in [1.54, 1.807) is 20.8 Å². The Labute approximate surface area is 248 Å². The lowest BCUT2D eigenvalue weighted by atomic mass is 9.84. The average molecular weight is 602 g/mol. The second-order valence-electron chi connectivity index (χ2n) is 11.5. The summed E-state index contributed by atoms with van der Waals surface area (Å²) in [6.45, 7) is 8.30. The van der Waals surface area contributed by atoms with Gasteiger partial charge in [0.15, 0.2) is 17.7 Å². The van der Waals surface area contributed by atoms with E-state index in [1.165, 1.54) is 36.1 Å². The summed E-state index contributed by atoms with van der Waals surface area (Å²) >= 11 is 6.14. The van der Waals surface area contributed by atoms with Gasteiger partial charge in [0.25, 0.3) is 11.8 Å². The predicted molar refractivity (Wildman–Crippen MR) is 151 cm³/mol. The van der Waals surface area contributed by atoms with Crippen molar-refractivity contribution in [3.05, 3.63) is 63.7 Å². The van der Waals surface area contributed by atoms with Crippen LogP contribution >= 0.6 is 11.6 Å². The summed E-state index contributed by atoms with van der Waals surface area (Å²) in [6, 6.07) is 6.34. The van der Waals surface area contributed by atoms with Crippen LogP contribution in [0, 0.1) is 35.3 Å². The minimum absolute atomic E-state index is 0.0482. The number of carbonyl (C=O) groups is 3. The van der Waals surface area contributed by atoms with E-state index < -0.39 is 59.0 Å². The third-order valence-electron chi connectivity index (χ3n) is 7.85. The maximum atomic E-state index is 15.1. The third-order valence-corrected chi connectivity index (χ3v) is 8.08. The lowest BCUT2D eigenvalue weighted by Crippen LogP contribution is -2.56. The number of nitrogens with one attached hydrogen (secondary N) is 3. The van der Waals surface area contributed by atoms with Gasteiger partial charge in [-0.3, -0.25) is 19.8 Å². The molecule has 0 aliphatic carbocycles. The predicted octanol–water partition coefficient (Wildman–Crippen LogP) is 4.49. The van der Waals surface area contributed by atoms with Crippen molar-refractivity contribution in [2.75, 3.05) is 0 Å². The second-order valence-corrected chi connectivity index (χ2v) is 12.0. The highest BCUT2D eigenvalue weighted by atomic mass is 35.5. The quantitative estimate of drug-likeness (QED) is 0.430. The van der Waals surface area contributed by atoms with Crippen LogP contribution in [0.5, 0.6) is 5.75 Å². The number of hydrazine groups is 1. The summed E-state index contributed by atoms with van der Waals surface area (Å²) in [5.74, 6) is -3.16. The Balaban J connectivity index is 1.55. The molecule has 0 spiro atoms. The first kappa shape index (κ1) is 31.2. The van der Waals surface area contributed by atoms with Crippen LogP contribution < -0.4 is 20.9 Å². The lowest BCUT2D eigenvalue weighted by Gasteiger charge is -2.38. The molecule has 2 aromatic rings. The first-order valence-electron chi connectivity index (χ1n) is 13.7. The van der Waals surface area contributed by atoms with Crippen LogP contribution in [0.25, 0.3) is 0 Å². The number of aryl methyl sites for hydroxylation is 1. The molecule has 12 heteroatoms. The van der Waals surface area contributed by atoms with Crippen molar-refractivity contribution < 1.29 is 27.9 Å². The molecule has 0 bridgehead atoms. The zero-order chi connectivity index (χ0) is 30.9. The van der Waals surface area contributed by atoms with Crippen LogP contribution in [0.3, 0.4) is 0 Å². The number of hydrogen-bond donors (Lipinski definition) is 3. The topological polar surface area (TPSA) is 124 Å². The molecular formula is C30H34ClF2N5O4. The van der Waals surface area contributed by atoms with E-state index >= 15 is 4.39 Å². The van der Waals surface area contributed by atoms with Crippen LogP contribution in [0.15, 0.2) is 30.3 Å². The second kappa shape index (κ2) is 12.2. The largest absolute Gasteiger partial charge is 0.477 e. The number of ether oxygens (including phenoxy) is 1. The molecule has 2 unspecified atom stereocenters. The van der Waals surface area contributed by atoms with Crippen molar-refractivity contribution in [2.45, 2.75) is 84.2 Å². The van der Waals surface area contributed by atoms with E-state index in [0.717, 1.165) is 6.07 Å². The van der Waals surface area contributed by atoms with Crippen LogP contribution in [0.2, 0.25) is 5.02 Å². The van der Waals surface area contributed by atoms with Gasteiger partial charge in [0.2, 0.25) is 5.91 Å². The van der Waals surface area contributed by atoms with E-state index in [-0.39, 0.29) is 22.9 Å². The fourth-order valence-electron chi connectivity index (χ4n) is 5.56. The molecule has 2 aromatic carbocycles. The lowest BCUT2D eigenvalue weighted by molar-refractivity contribution is -0.137. The first-order valence-corrected chi connectivity index (χ1v) is 14.1. The summed E-state index contributed by atoms with van der Waals surface area (Å²) < 4.78 is 35.7. The van der Waals surface area contributed by atoms with Crippen LogP contribution in [-0.2, 0) is 9.59 Å². The molecule has 0 saturated carbocycles. The number of likely N-dealkylation sites (tertiary alicyclic amines) is 1. The number of amides is 3. The molecule has 0 aromatic heterocycles. The van der Waals surface area contributed by atoms with Gasteiger partial charge in [-0.15, -0.1) is 0 Å². The minimum atomic E-state index is -1.09. The normalized spacial score (nSPS) is 23.1. The molecule has 2 aliphatic rings. The van der Waals surface area contributed by atoms with Crippen molar-refractivity contribution in [2.24, 2.45) is 5.41 Å². The van der Waals surface area contributed by atoms with Gasteiger partial charge >= 0.3 is 0 Å². The SMILES string of the molecule is Cc1cc(C(=O)N[C@H](C)C(=O)N2[C@H](c3cc(Cl)ccc3F)CC[C@@H]2C(C)(C)C#N)cc(F)c1OC1CC(C)NNC1=O. The summed E-state index contributed by atoms with van der Waals surface area (Å²) in [4.78, 5) is 40.6. The maximum absolute atomic E-state index is 15.1. The highest BCUT2D eigenvalue weighted by molar-refractivity contribution is 6.30. The Morgan fingerprint density at radius 1 is 1.21 bits per heavy atom. The van der Waals surface area contributed by atoms with Crippen LogP contribution in [-0.4, -0.2) is 46.9 Å². The highest BCUT2D eigenvalue weighted by Gasteiger charge is 2.47. The first-order chi connectivity index (χ1) is 19.7. The zero-order valence-electron chi connectivity index (χ0n) is 24.1. The van der Waals surface area contributed by atoms with Crippen molar-refractivity contribution in [3.8, 4) is 11.8 Å². The van der Waals surface area contributed by atoms with E-state index in [0.29, 0.717) is 29.8 Å². The van der Waals surface area contributed by atoms with Crippen molar-refractivity contribution in [3.63, 3.8) is 0 Å². The van der Waals surface area contributed by atoms with Gasteiger partial charge < -0.3 is 15.0 Å². The van der Waals surface area contributed by atoms with Gasteiger partial charge in [0.05, 0.1) is 23.6 Å². The number of nitriles is 1. The number of rotatable bonds is 7. The fraction of sp³-hybridized carbons (Fsp3) is 0.467. The van der Waals surface area contributed by atoms with Gasteiger partial charge in [-0.05, 0) is 83.4 Å². The molecule has 0 radical (unpaired) electrons. The van der Waals surface area contributed by atoms with Crippen molar-refractivity contribution >= 4 is 29.3 Å². The molecular weight excluding hydrogens is 568 g/mol. The summed E-state index contributed by atoms with van der Waals surface area (Å²) in [6.07, 6.45) is 0.269. The molecule has 3 amide bonds. The Morgan fingerprint density at radius 2 is 1.93 bits per heavy atom. The van der Waals surface area contributed by atoms with Crippen LogP contribution in [0.1, 0.15) is 74.5 Å². The zero-order valence-corrected chi connectivity index (χ0v) is 24.8. The fourth-order valence-corrected chi connectivity index (χ4v) is 5.74. The van der Waals surface area contributed by atoms with Crippen molar-refractivity contribution in [1.82, 2.24) is 21.1 Å². The molecule has 3 N–H and O–H groups in total. The maximum Gasteiger partial charge on any atom is 0.275 e. The molecule has 9 nitrogen and oxygen atoms in total. The smallest absolute Gasteiger partial charge is 0.275 e. The molecule has 2 fully saturated rings.